The van der Waals surface area contributed by atoms with Crippen LogP contribution in [0, 0.1) is 0 Å². The molecule has 0 aromatic heterocycles. The van der Waals surface area contributed by atoms with E-state index in [4.69, 9.17) is 16.3 Å². The van der Waals surface area contributed by atoms with Gasteiger partial charge in [-0.3, -0.25) is 9.59 Å². The lowest BCUT2D eigenvalue weighted by Crippen LogP contribution is -2.41. The third-order valence-electron chi connectivity index (χ3n) is 4.21. The summed E-state index contributed by atoms with van der Waals surface area (Å²) >= 11 is 5.98. The van der Waals surface area contributed by atoms with Gasteiger partial charge in [0.15, 0.2) is 0 Å². The van der Waals surface area contributed by atoms with Crippen LogP contribution in [-0.2, 0) is 11.4 Å². The molecule has 0 spiro atoms. The van der Waals surface area contributed by atoms with Gasteiger partial charge in [-0.15, -0.1) is 0 Å². The van der Waals surface area contributed by atoms with E-state index in [-0.39, 0.29) is 18.4 Å². The molecule has 144 valence electrons. The molecule has 0 unspecified atom stereocenters. The van der Waals surface area contributed by atoms with Crippen molar-refractivity contribution >= 4 is 23.4 Å². The molecule has 6 heteroatoms. The number of likely N-dealkylation sites (N-methyl/N-ethyl adjacent to an activating group) is 2. The van der Waals surface area contributed by atoms with Gasteiger partial charge in [0.2, 0.25) is 5.91 Å². The average Bonchev–Trinajstić information content (AvgIpc) is 2.67. The number of ether oxygens (including phenoxy) is 1. The van der Waals surface area contributed by atoms with E-state index < -0.39 is 0 Å². The number of carbonyl (C=O) groups is 2. The summed E-state index contributed by atoms with van der Waals surface area (Å²) < 4.78 is 5.77. The summed E-state index contributed by atoms with van der Waals surface area (Å²) in [6.07, 6.45) is 0. The smallest absolute Gasteiger partial charge is 0.254 e. The van der Waals surface area contributed by atoms with Crippen molar-refractivity contribution in [2.24, 2.45) is 0 Å². The lowest BCUT2D eigenvalue weighted by Gasteiger charge is -2.23. The number of carbonyl (C=O) groups excluding carboxylic acids is 2. The monoisotopic (exact) mass is 388 g/mol. The first-order valence-corrected chi connectivity index (χ1v) is 9.33. The van der Waals surface area contributed by atoms with Crippen LogP contribution in [0.15, 0.2) is 48.5 Å². The summed E-state index contributed by atoms with van der Waals surface area (Å²) in [6.45, 7) is 5.50. The van der Waals surface area contributed by atoms with E-state index in [1.54, 1.807) is 42.3 Å². The lowest BCUT2D eigenvalue weighted by atomic mass is 10.2. The second-order valence-electron chi connectivity index (χ2n) is 6.17. The topological polar surface area (TPSA) is 49.9 Å². The number of rotatable bonds is 8. The molecule has 2 amide bonds. The van der Waals surface area contributed by atoms with Gasteiger partial charge in [0.1, 0.15) is 12.4 Å². The fraction of sp³-hybridized carbons (Fsp3) is 0.333. The van der Waals surface area contributed by atoms with Crippen LogP contribution in [0.25, 0.3) is 0 Å². The molecule has 2 aromatic rings. The minimum atomic E-state index is -0.219. The third-order valence-corrected chi connectivity index (χ3v) is 4.45. The van der Waals surface area contributed by atoms with Crippen molar-refractivity contribution in [3.63, 3.8) is 0 Å². The largest absolute Gasteiger partial charge is 0.489 e. The number of amides is 2. The molecule has 0 bridgehead atoms. The highest BCUT2D eigenvalue weighted by atomic mass is 35.5. The van der Waals surface area contributed by atoms with Crippen molar-refractivity contribution in [3.8, 4) is 5.75 Å². The van der Waals surface area contributed by atoms with Gasteiger partial charge in [0.25, 0.3) is 5.91 Å². The van der Waals surface area contributed by atoms with E-state index in [1.807, 2.05) is 32.0 Å². The first kappa shape index (κ1) is 20.8. The zero-order valence-corrected chi connectivity index (χ0v) is 16.7. The van der Waals surface area contributed by atoms with Crippen molar-refractivity contribution in [3.05, 3.63) is 64.7 Å². The number of halogens is 1. The fourth-order valence-corrected chi connectivity index (χ4v) is 2.90. The molecule has 0 N–H and O–H groups in total. The SMILES string of the molecule is CCN(CC)C(=O)CN(C)C(=O)c1cccc(OCc2cccc(Cl)c2)c1. The van der Waals surface area contributed by atoms with Crippen molar-refractivity contribution in [1.82, 2.24) is 9.80 Å². The molecule has 0 aliphatic carbocycles. The Labute approximate surface area is 165 Å². The Balaban J connectivity index is 2.00. The molecule has 0 saturated carbocycles. The lowest BCUT2D eigenvalue weighted by molar-refractivity contribution is -0.131. The molecule has 27 heavy (non-hydrogen) atoms. The molecule has 5 nitrogen and oxygen atoms in total. The Hall–Kier alpha value is -2.53. The maximum absolute atomic E-state index is 12.6. The molecular formula is C21H25ClN2O3. The van der Waals surface area contributed by atoms with E-state index in [0.29, 0.717) is 36.0 Å². The second kappa shape index (κ2) is 9.97. The summed E-state index contributed by atoms with van der Waals surface area (Å²) in [7, 11) is 1.63. The van der Waals surface area contributed by atoms with Crippen LogP contribution in [0.4, 0.5) is 0 Å². The highest BCUT2D eigenvalue weighted by Crippen LogP contribution is 2.18. The predicted octanol–water partition coefficient (Wildman–Crippen LogP) is 3.86. The van der Waals surface area contributed by atoms with Crippen LogP contribution < -0.4 is 4.74 Å². The van der Waals surface area contributed by atoms with Crippen LogP contribution in [0.5, 0.6) is 5.75 Å². The highest BCUT2D eigenvalue weighted by Gasteiger charge is 2.18. The van der Waals surface area contributed by atoms with E-state index in [2.05, 4.69) is 0 Å². The Kier molecular flexibility index (Phi) is 7.67. The number of hydrogen-bond acceptors (Lipinski definition) is 3. The molecule has 2 rings (SSSR count). The highest BCUT2D eigenvalue weighted by molar-refractivity contribution is 6.30. The average molecular weight is 389 g/mol. The first-order chi connectivity index (χ1) is 12.9. The van der Waals surface area contributed by atoms with E-state index >= 15 is 0 Å². The second-order valence-corrected chi connectivity index (χ2v) is 6.61. The molecule has 2 aromatic carbocycles. The van der Waals surface area contributed by atoms with Gasteiger partial charge in [-0.1, -0.05) is 29.8 Å². The molecule has 0 aliphatic rings. The summed E-state index contributed by atoms with van der Waals surface area (Å²) in [6, 6.07) is 14.4. The number of hydrogen-bond donors (Lipinski definition) is 0. The van der Waals surface area contributed by atoms with Crippen molar-refractivity contribution in [1.29, 1.82) is 0 Å². The summed E-state index contributed by atoms with van der Waals surface area (Å²) in [4.78, 5) is 28.0. The van der Waals surface area contributed by atoms with Gasteiger partial charge in [0.05, 0.1) is 6.54 Å². The fourth-order valence-electron chi connectivity index (χ4n) is 2.68. The Morgan fingerprint density at radius 1 is 1.04 bits per heavy atom. The molecule has 0 heterocycles. The van der Waals surface area contributed by atoms with Crippen molar-refractivity contribution in [2.75, 3.05) is 26.7 Å². The zero-order chi connectivity index (χ0) is 19.8. The quantitative estimate of drug-likeness (QED) is 0.690. The van der Waals surface area contributed by atoms with E-state index in [0.717, 1.165) is 5.56 Å². The molecule has 0 aliphatic heterocycles. The normalized spacial score (nSPS) is 10.4. The first-order valence-electron chi connectivity index (χ1n) is 8.95. The standard InChI is InChI=1S/C21H25ClN2O3/c1-4-24(5-2)20(25)14-23(3)21(26)17-9-7-11-19(13-17)27-15-16-8-6-10-18(22)12-16/h6-13H,4-5,14-15H2,1-3H3. The van der Waals surface area contributed by atoms with E-state index in [9.17, 15) is 9.59 Å². The maximum atomic E-state index is 12.6. The van der Waals surface area contributed by atoms with Crippen LogP contribution in [0.2, 0.25) is 5.02 Å². The van der Waals surface area contributed by atoms with Crippen LogP contribution in [-0.4, -0.2) is 48.3 Å². The summed E-state index contributed by atoms with van der Waals surface area (Å²) in [5, 5.41) is 0.652. The van der Waals surface area contributed by atoms with Crippen LogP contribution in [0.1, 0.15) is 29.8 Å². The molecule has 0 saturated heterocycles. The summed E-state index contributed by atoms with van der Waals surface area (Å²) in [5.74, 6) is 0.303. The number of nitrogens with zero attached hydrogens (tertiary/aromatic N) is 2. The Morgan fingerprint density at radius 3 is 2.41 bits per heavy atom. The zero-order valence-electron chi connectivity index (χ0n) is 15.9. The molecule has 0 fully saturated rings. The molecular weight excluding hydrogens is 364 g/mol. The third kappa shape index (κ3) is 6.00. The number of benzene rings is 2. The van der Waals surface area contributed by atoms with Gasteiger partial charge in [-0.25, -0.2) is 0 Å². The van der Waals surface area contributed by atoms with Gasteiger partial charge in [-0.2, -0.15) is 0 Å². The minimum absolute atomic E-state index is 0.0497. The Morgan fingerprint density at radius 2 is 1.74 bits per heavy atom. The van der Waals surface area contributed by atoms with Crippen molar-refractivity contribution in [2.45, 2.75) is 20.5 Å². The van der Waals surface area contributed by atoms with Gasteiger partial charge < -0.3 is 14.5 Å². The molecule has 0 atom stereocenters. The van der Waals surface area contributed by atoms with Gasteiger partial charge >= 0.3 is 0 Å². The maximum Gasteiger partial charge on any atom is 0.254 e. The Bertz CT molecular complexity index is 791. The van der Waals surface area contributed by atoms with E-state index in [1.165, 1.54) is 4.90 Å². The van der Waals surface area contributed by atoms with Crippen LogP contribution in [0.3, 0.4) is 0 Å². The van der Waals surface area contributed by atoms with Gasteiger partial charge in [0, 0.05) is 30.7 Å². The summed E-state index contributed by atoms with van der Waals surface area (Å²) in [5.41, 5.74) is 1.43. The molecule has 0 radical (unpaired) electrons. The minimum Gasteiger partial charge on any atom is -0.489 e. The van der Waals surface area contributed by atoms with Crippen LogP contribution >= 0.6 is 11.6 Å². The van der Waals surface area contributed by atoms with Gasteiger partial charge in [-0.05, 0) is 49.7 Å². The predicted molar refractivity (Wildman–Crippen MR) is 107 cm³/mol. The van der Waals surface area contributed by atoms with Crippen molar-refractivity contribution < 1.29 is 14.3 Å².